The second kappa shape index (κ2) is 7.03. The van der Waals surface area contributed by atoms with Crippen molar-refractivity contribution in [2.45, 2.75) is 6.92 Å². The van der Waals surface area contributed by atoms with Crippen molar-refractivity contribution in [3.05, 3.63) is 69.3 Å². The van der Waals surface area contributed by atoms with Crippen molar-refractivity contribution in [3.8, 4) is 16.3 Å². The van der Waals surface area contributed by atoms with Crippen LogP contribution in [-0.4, -0.2) is 20.4 Å². The maximum atomic E-state index is 12.6. The Morgan fingerprint density at radius 2 is 2.19 bits per heavy atom. The van der Waals surface area contributed by atoms with E-state index >= 15 is 0 Å². The Labute approximate surface area is 162 Å². The van der Waals surface area contributed by atoms with Crippen LogP contribution in [0.2, 0.25) is 5.02 Å². The minimum Gasteiger partial charge on any atom is -0.321 e. The van der Waals surface area contributed by atoms with E-state index in [0.29, 0.717) is 15.6 Å². The largest absolute Gasteiger partial charge is 0.321 e. The highest BCUT2D eigenvalue weighted by molar-refractivity contribution is 7.17. The molecule has 1 N–H and O–H groups in total. The molecule has 26 heavy (non-hydrogen) atoms. The predicted octanol–water partition coefficient (Wildman–Crippen LogP) is 5.27. The highest BCUT2D eigenvalue weighted by atomic mass is 35.5. The van der Waals surface area contributed by atoms with Crippen LogP contribution in [0, 0.1) is 6.92 Å². The molecule has 0 atom stereocenters. The third kappa shape index (κ3) is 3.29. The molecule has 0 aliphatic carbocycles. The Balaban J connectivity index is 1.56. The number of nitrogens with zero attached hydrogens (tertiary/aromatic N) is 3. The van der Waals surface area contributed by atoms with Crippen LogP contribution in [0.4, 0.5) is 5.69 Å². The van der Waals surface area contributed by atoms with Gasteiger partial charge in [-0.2, -0.15) is 11.3 Å². The van der Waals surface area contributed by atoms with Crippen LogP contribution in [0.5, 0.6) is 0 Å². The quantitative estimate of drug-likeness (QED) is 0.507. The number of rotatable bonds is 4. The molecule has 4 aromatic rings. The summed E-state index contributed by atoms with van der Waals surface area (Å²) >= 11 is 9.34. The van der Waals surface area contributed by atoms with Gasteiger partial charge in [-0.3, -0.25) is 4.79 Å². The molecule has 0 aliphatic heterocycles. The summed E-state index contributed by atoms with van der Waals surface area (Å²) in [6.07, 6.45) is 5.17. The molecule has 0 saturated carbocycles. The molecular formula is C18H13ClN4OS2. The lowest BCUT2D eigenvalue weighted by atomic mass is 10.2. The fourth-order valence-electron chi connectivity index (χ4n) is 2.50. The molecule has 0 fully saturated rings. The molecule has 0 saturated heterocycles. The average molecular weight is 401 g/mol. The molecule has 3 aromatic heterocycles. The van der Waals surface area contributed by atoms with Crippen molar-refractivity contribution in [1.82, 2.24) is 14.5 Å². The molecule has 4 rings (SSSR count). The SMILES string of the molecule is Cc1nc(-c2ccsc2)sc1C(=O)Nc1ccc(-n2ccnc2)c(Cl)c1. The van der Waals surface area contributed by atoms with Crippen molar-refractivity contribution < 1.29 is 4.79 Å². The smallest absolute Gasteiger partial charge is 0.267 e. The molecule has 1 amide bonds. The Hall–Kier alpha value is -2.48. The lowest BCUT2D eigenvalue weighted by Gasteiger charge is -2.09. The van der Waals surface area contributed by atoms with Gasteiger partial charge >= 0.3 is 0 Å². The summed E-state index contributed by atoms with van der Waals surface area (Å²) in [5, 5.41) is 8.29. The van der Waals surface area contributed by atoms with E-state index in [1.807, 2.05) is 46.6 Å². The number of thiophene rings is 1. The summed E-state index contributed by atoms with van der Waals surface area (Å²) in [4.78, 5) is 21.8. The van der Waals surface area contributed by atoms with E-state index < -0.39 is 0 Å². The van der Waals surface area contributed by atoms with Crippen molar-refractivity contribution in [3.63, 3.8) is 0 Å². The highest BCUT2D eigenvalue weighted by Gasteiger charge is 2.17. The number of hydrogen-bond donors (Lipinski definition) is 1. The maximum Gasteiger partial charge on any atom is 0.267 e. The molecule has 0 aliphatic rings. The third-order valence-electron chi connectivity index (χ3n) is 3.76. The van der Waals surface area contributed by atoms with Gasteiger partial charge < -0.3 is 9.88 Å². The van der Waals surface area contributed by atoms with E-state index in [1.54, 1.807) is 29.9 Å². The molecule has 5 nitrogen and oxygen atoms in total. The van der Waals surface area contributed by atoms with Crippen LogP contribution in [0.3, 0.4) is 0 Å². The van der Waals surface area contributed by atoms with Gasteiger partial charge in [0, 0.05) is 29.0 Å². The second-order valence-corrected chi connectivity index (χ2v) is 7.72. The van der Waals surface area contributed by atoms with E-state index in [2.05, 4.69) is 15.3 Å². The zero-order chi connectivity index (χ0) is 18.1. The van der Waals surface area contributed by atoms with Crippen LogP contribution in [0.25, 0.3) is 16.3 Å². The fourth-order valence-corrected chi connectivity index (χ4v) is 4.45. The van der Waals surface area contributed by atoms with Crippen LogP contribution < -0.4 is 5.32 Å². The molecular weight excluding hydrogens is 388 g/mol. The van der Waals surface area contributed by atoms with Gasteiger partial charge in [0.25, 0.3) is 5.91 Å². The molecule has 1 aromatic carbocycles. The number of halogens is 1. The first-order valence-electron chi connectivity index (χ1n) is 7.71. The molecule has 0 unspecified atom stereocenters. The number of aromatic nitrogens is 3. The Morgan fingerprint density at radius 1 is 1.31 bits per heavy atom. The zero-order valence-corrected chi connectivity index (χ0v) is 16.0. The second-order valence-electron chi connectivity index (χ2n) is 5.54. The van der Waals surface area contributed by atoms with E-state index in [-0.39, 0.29) is 5.91 Å². The number of benzene rings is 1. The van der Waals surface area contributed by atoms with Crippen molar-refractivity contribution >= 4 is 45.9 Å². The normalized spacial score (nSPS) is 10.8. The molecule has 0 radical (unpaired) electrons. The number of carbonyl (C=O) groups excluding carboxylic acids is 1. The monoisotopic (exact) mass is 400 g/mol. The molecule has 0 spiro atoms. The van der Waals surface area contributed by atoms with Crippen molar-refractivity contribution in [2.24, 2.45) is 0 Å². The summed E-state index contributed by atoms with van der Waals surface area (Å²) in [6.45, 7) is 1.84. The van der Waals surface area contributed by atoms with E-state index in [4.69, 9.17) is 11.6 Å². The van der Waals surface area contributed by atoms with Crippen molar-refractivity contribution in [1.29, 1.82) is 0 Å². The Bertz CT molecular complexity index is 1060. The standard InChI is InChI=1S/C18H13ClN4OS2/c1-11-16(26-18(21-11)12-4-7-25-9-12)17(24)22-13-2-3-15(14(19)8-13)23-6-5-20-10-23/h2-10H,1H3,(H,22,24). The molecule has 0 bridgehead atoms. The van der Waals surface area contributed by atoms with Crippen molar-refractivity contribution in [2.75, 3.05) is 5.32 Å². The number of aryl methyl sites for hydroxylation is 1. The maximum absolute atomic E-state index is 12.6. The topological polar surface area (TPSA) is 59.8 Å². The van der Waals surface area contributed by atoms with Gasteiger partial charge in [0.05, 0.1) is 22.7 Å². The highest BCUT2D eigenvalue weighted by Crippen LogP contribution is 2.30. The minimum atomic E-state index is -0.187. The molecule has 130 valence electrons. The number of thiazole rings is 1. The van der Waals surface area contributed by atoms with E-state index in [1.165, 1.54) is 11.3 Å². The predicted molar refractivity (Wildman–Crippen MR) is 107 cm³/mol. The number of hydrogen-bond acceptors (Lipinski definition) is 5. The Morgan fingerprint density at radius 3 is 2.88 bits per heavy atom. The number of anilines is 1. The van der Waals surface area contributed by atoms with Gasteiger partial charge in [-0.1, -0.05) is 11.6 Å². The first-order chi connectivity index (χ1) is 12.6. The summed E-state index contributed by atoms with van der Waals surface area (Å²) < 4.78 is 1.81. The fraction of sp³-hybridized carbons (Fsp3) is 0.0556. The number of carbonyl (C=O) groups is 1. The van der Waals surface area contributed by atoms with E-state index in [0.717, 1.165) is 22.0 Å². The van der Waals surface area contributed by atoms with E-state index in [9.17, 15) is 4.79 Å². The minimum absolute atomic E-state index is 0.187. The van der Waals surface area contributed by atoms with Gasteiger partial charge in [0.2, 0.25) is 0 Å². The van der Waals surface area contributed by atoms with Crippen LogP contribution in [-0.2, 0) is 0 Å². The summed E-state index contributed by atoms with van der Waals surface area (Å²) in [6, 6.07) is 7.38. The number of nitrogens with one attached hydrogen (secondary N) is 1. The molecule has 3 heterocycles. The van der Waals surface area contributed by atoms with Gasteiger partial charge in [-0.25, -0.2) is 9.97 Å². The van der Waals surface area contributed by atoms with Crippen LogP contribution in [0.15, 0.2) is 53.7 Å². The Kier molecular flexibility index (Phi) is 4.58. The van der Waals surface area contributed by atoms with Gasteiger partial charge in [0.1, 0.15) is 9.88 Å². The number of amides is 1. The zero-order valence-electron chi connectivity index (χ0n) is 13.6. The summed E-state index contributed by atoms with van der Waals surface area (Å²) in [7, 11) is 0. The lowest BCUT2D eigenvalue weighted by Crippen LogP contribution is -2.11. The van der Waals surface area contributed by atoms with Gasteiger partial charge in [-0.15, -0.1) is 11.3 Å². The average Bonchev–Trinajstić information content (AvgIpc) is 3.36. The number of imidazole rings is 1. The summed E-state index contributed by atoms with van der Waals surface area (Å²) in [5.41, 5.74) is 3.19. The van der Waals surface area contributed by atoms with Gasteiger partial charge in [0.15, 0.2) is 0 Å². The first kappa shape index (κ1) is 17.0. The van der Waals surface area contributed by atoms with Crippen LogP contribution >= 0.6 is 34.3 Å². The molecule has 8 heteroatoms. The third-order valence-corrected chi connectivity index (χ3v) is 5.95. The van der Waals surface area contributed by atoms with Crippen LogP contribution in [0.1, 0.15) is 15.4 Å². The van der Waals surface area contributed by atoms with Gasteiger partial charge in [-0.05, 0) is 36.6 Å². The summed E-state index contributed by atoms with van der Waals surface area (Å²) in [5.74, 6) is -0.187. The first-order valence-corrected chi connectivity index (χ1v) is 9.85. The lowest BCUT2D eigenvalue weighted by molar-refractivity contribution is 0.103.